The molecule has 0 radical (unpaired) electrons. The molecule has 1 aliphatic heterocycles. The number of benzene rings is 2. The Bertz CT molecular complexity index is 859. The quantitative estimate of drug-likeness (QED) is 0.314. The summed E-state index contributed by atoms with van der Waals surface area (Å²) in [6, 6.07) is 13.5. The second kappa shape index (κ2) is 10.0. The van der Waals surface area contributed by atoms with Crippen LogP contribution in [0.15, 0.2) is 58.0 Å². The van der Waals surface area contributed by atoms with Crippen LogP contribution in [0.25, 0.3) is 0 Å². The van der Waals surface area contributed by atoms with Crippen LogP contribution in [-0.4, -0.2) is 34.7 Å². The van der Waals surface area contributed by atoms with E-state index in [1.165, 1.54) is 18.2 Å². The summed E-state index contributed by atoms with van der Waals surface area (Å²) >= 11 is 5.03. The van der Waals surface area contributed by atoms with Crippen LogP contribution >= 0.6 is 44.7 Å². The standard InChI is InChI=1S/C18H16BrN3O3S.BrH/c19-14-5-7-15(8-6-14)21(18-20-9-2-10-26-18)12-17(23)13-3-1-4-16(11-13)22(24)25;/h1,3-8,11H,2,9-10,12H2;1H. The summed E-state index contributed by atoms with van der Waals surface area (Å²) in [6.07, 6.45) is 1.02. The number of nitro benzene ring substituents is 1. The van der Waals surface area contributed by atoms with E-state index in [1.54, 1.807) is 17.8 Å². The number of rotatable bonds is 5. The molecule has 3 rings (SSSR count). The minimum Gasteiger partial charge on any atom is -0.313 e. The van der Waals surface area contributed by atoms with Gasteiger partial charge in [0.25, 0.3) is 5.69 Å². The third-order valence-corrected chi connectivity index (χ3v) is 5.46. The van der Waals surface area contributed by atoms with Crippen molar-refractivity contribution in [2.75, 3.05) is 23.7 Å². The van der Waals surface area contributed by atoms with Crippen LogP contribution in [0.2, 0.25) is 0 Å². The highest BCUT2D eigenvalue weighted by Crippen LogP contribution is 2.25. The van der Waals surface area contributed by atoms with Crippen molar-refractivity contribution in [3.05, 3.63) is 68.7 Å². The summed E-state index contributed by atoms with van der Waals surface area (Å²) in [4.78, 5) is 29.7. The number of Topliss-reactive ketones (excluding diaryl/α,β-unsaturated/α-hetero) is 1. The molecule has 0 aliphatic carbocycles. The number of hydrogen-bond acceptors (Lipinski definition) is 6. The summed E-state index contributed by atoms with van der Waals surface area (Å²) in [5, 5.41) is 11.8. The van der Waals surface area contributed by atoms with Crippen molar-refractivity contribution >= 4 is 67.0 Å². The number of amidine groups is 1. The first kappa shape index (κ1) is 21.6. The van der Waals surface area contributed by atoms with E-state index in [0.717, 1.165) is 34.0 Å². The number of thioether (sulfide) groups is 1. The third kappa shape index (κ3) is 5.63. The summed E-state index contributed by atoms with van der Waals surface area (Å²) in [5.41, 5.74) is 1.10. The Kier molecular flexibility index (Phi) is 8.00. The van der Waals surface area contributed by atoms with Crippen LogP contribution in [0.1, 0.15) is 16.8 Å². The van der Waals surface area contributed by atoms with Gasteiger partial charge >= 0.3 is 0 Å². The Morgan fingerprint density at radius 1 is 1.26 bits per heavy atom. The molecule has 27 heavy (non-hydrogen) atoms. The molecule has 0 saturated carbocycles. The molecule has 9 heteroatoms. The topological polar surface area (TPSA) is 75.8 Å². The van der Waals surface area contributed by atoms with Crippen molar-refractivity contribution in [2.45, 2.75) is 6.42 Å². The Morgan fingerprint density at radius 3 is 2.63 bits per heavy atom. The fourth-order valence-corrected chi connectivity index (χ4v) is 3.76. The molecule has 1 heterocycles. The van der Waals surface area contributed by atoms with Gasteiger partial charge in [-0.1, -0.05) is 39.8 Å². The highest BCUT2D eigenvalue weighted by Gasteiger charge is 2.21. The minimum absolute atomic E-state index is 0. The lowest BCUT2D eigenvalue weighted by atomic mass is 10.1. The minimum atomic E-state index is -0.496. The maximum atomic E-state index is 12.8. The van der Waals surface area contributed by atoms with E-state index in [-0.39, 0.29) is 35.0 Å². The molecule has 0 unspecified atom stereocenters. The number of aliphatic imine (C=N–C) groups is 1. The van der Waals surface area contributed by atoms with Gasteiger partial charge in [-0.2, -0.15) is 0 Å². The highest BCUT2D eigenvalue weighted by atomic mass is 79.9. The predicted octanol–water partition coefficient (Wildman–Crippen LogP) is 5.12. The molecular formula is C18H17Br2N3O3S. The normalized spacial score (nSPS) is 13.3. The SMILES string of the molecule is Br.O=C(CN(C1=NCCCS1)c1ccc(Br)cc1)c1cccc([N+](=O)[O-])c1. The van der Waals surface area contributed by atoms with Crippen LogP contribution in [0, 0.1) is 10.1 Å². The van der Waals surface area contributed by atoms with Gasteiger partial charge in [-0.15, -0.1) is 17.0 Å². The van der Waals surface area contributed by atoms with Crippen LogP contribution < -0.4 is 4.90 Å². The van der Waals surface area contributed by atoms with E-state index < -0.39 is 4.92 Å². The fourth-order valence-electron chi connectivity index (χ4n) is 2.53. The molecule has 2 aromatic rings. The number of nitro groups is 1. The zero-order valence-electron chi connectivity index (χ0n) is 14.2. The number of hydrogen-bond donors (Lipinski definition) is 0. The van der Waals surface area contributed by atoms with Crippen molar-refractivity contribution in [2.24, 2.45) is 4.99 Å². The number of halogens is 2. The van der Waals surface area contributed by atoms with Crippen molar-refractivity contribution in [3.8, 4) is 0 Å². The Balaban J connectivity index is 0.00000261. The molecule has 1 aliphatic rings. The summed E-state index contributed by atoms with van der Waals surface area (Å²) in [7, 11) is 0. The number of anilines is 1. The van der Waals surface area contributed by atoms with Gasteiger partial charge < -0.3 is 4.90 Å². The molecule has 0 spiro atoms. The summed E-state index contributed by atoms with van der Waals surface area (Å²) < 4.78 is 0.949. The number of carbonyl (C=O) groups excluding carboxylic acids is 1. The van der Waals surface area contributed by atoms with Crippen molar-refractivity contribution in [1.82, 2.24) is 0 Å². The second-order valence-corrected chi connectivity index (χ2v) is 7.64. The predicted molar refractivity (Wildman–Crippen MR) is 119 cm³/mol. The molecule has 0 fully saturated rings. The van der Waals surface area contributed by atoms with Gasteiger partial charge in [-0.25, -0.2) is 0 Å². The van der Waals surface area contributed by atoms with Crippen LogP contribution in [0.5, 0.6) is 0 Å². The van der Waals surface area contributed by atoms with Gasteiger partial charge in [0.2, 0.25) is 0 Å². The maximum Gasteiger partial charge on any atom is 0.270 e. The number of carbonyl (C=O) groups is 1. The fraction of sp³-hybridized carbons (Fsp3) is 0.222. The van der Waals surface area contributed by atoms with Crippen LogP contribution in [0.3, 0.4) is 0 Å². The average Bonchev–Trinajstić information content (AvgIpc) is 2.67. The first-order chi connectivity index (χ1) is 12.5. The summed E-state index contributed by atoms with van der Waals surface area (Å²) in [6.45, 7) is 0.814. The molecule has 142 valence electrons. The lowest BCUT2D eigenvalue weighted by Gasteiger charge is -2.27. The van der Waals surface area contributed by atoms with E-state index in [0.29, 0.717) is 5.56 Å². The maximum absolute atomic E-state index is 12.8. The third-order valence-electron chi connectivity index (χ3n) is 3.83. The van der Waals surface area contributed by atoms with E-state index in [9.17, 15) is 14.9 Å². The molecule has 6 nitrogen and oxygen atoms in total. The molecule has 0 aromatic heterocycles. The van der Waals surface area contributed by atoms with Gasteiger partial charge in [0, 0.05) is 40.2 Å². The average molecular weight is 515 g/mol. The summed E-state index contributed by atoms with van der Waals surface area (Å²) in [5.74, 6) is 0.766. The smallest absolute Gasteiger partial charge is 0.270 e. The molecule has 0 amide bonds. The lowest BCUT2D eigenvalue weighted by molar-refractivity contribution is -0.384. The number of non-ortho nitro benzene ring substituents is 1. The van der Waals surface area contributed by atoms with E-state index in [1.807, 2.05) is 29.2 Å². The Morgan fingerprint density at radius 2 is 2.00 bits per heavy atom. The zero-order valence-corrected chi connectivity index (χ0v) is 18.3. The molecule has 2 aromatic carbocycles. The molecule has 0 saturated heterocycles. The van der Waals surface area contributed by atoms with Crippen LogP contribution in [-0.2, 0) is 0 Å². The van der Waals surface area contributed by atoms with E-state index in [4.69, 9.17) is 0 Å². The van der Waals surface area contributed by atoms with Gasteiger partial charge in [0.1, 0.15) is 0 Å². The zero-order chi connectivity index (χ0) is 18.5. The monoisotopic (exact) mass is 513 g/mol. The first-order valence-corrected chi connectivity index (χ1v) is 9.80. The largest absolute Gasteiger partial charge is 0.313 e. The van der Waals surface area contributed by atoms with Crippen LogP contribution in [0.4, 0.5) is 11.4 Å². The van der Waals surface area contributed by atoms with Gasteiger partial charge in [-0.3, -0.25) is 19.9 Å². The molecule has 0 bridgehead atoms. The van der Waals surface area contributed by atoms with Crippen molar-refractivity contribution in [3.63, 3.8) is 0 Å². The van der Waals surface area contributed by atoms with Crippen molar-refractivity contribution < 1.29 is 9.72 Å². The molecule has 0 atom stereocenters. The number of nitrogens with zero attached hydrogens (tertiary/aromatic N) is 3. The van der Waals surface area contributed by atoms with Crippen molar-refractivity contribution in [1.29, 1.82) is 0 Å². The van der Waals surface area contributed by atoms with Gasteiger partial charge in [0.05, 0.1) is 11.5 Å². The number of ketones is 1. The molecule has 0 N–H and O–H groups in total. The van der Waals surface area contributed by atoms with Gasteiger partial charge in [-0.05, 0) is 30.7 Å². The Hall–Kier alpha value is -1.71. The lowest BCUT2D eigenvalue weighted by Crippen LogP contribution is -2.35. The Labute approximate surface area is 180 Å². The van der Waals surface area contributed by atoms with E-state index in [2.05, 4.69) is 20.9 Å². The van der Waals surface area contributed by atoms with Gasteiger partial charge in [0.15, 0.2) is 11.0 Å². The first-order valence-electron chi connectivity index (χ1n) is 8.02. The highest BCUT2D eigenvalue weighted by molar-refractivity contribution is 9.10. The second-order valence-electron chi connectivity index (χ2n) is 5.66. The molecular weight excluding hydrogens is 498 g/mol. The van der Waals surface area contributed by atoms with E-state index >= 15 is 0 Å².